The molecule has 162 valence electrons. The molecular formula is C25H27N7. The largest absolute Gasteiger partial charge is 0.351 e. The van der Waals surface area contributed by atoms with Crippen LogP contribution in [-0.2, 0) is 6.42 Å². The Bertz CT molecular complexity index is 1120. The van der Waals surface area contributed by atoms with Crippen molar-refractivity contribution in [2.45, 2.75) is 18.9 Å². The Hall–Kier alpha value is -3.84. The van der Waals surface area contributed by atoms with E-state index >= 15 is 0 Å². The molecule has 0 saturated heterocycles. The van der Waals surface area contributed by atoms with E-state index in [1.54, 1.807) is 12.4 Å². The Kier molecular flexibility index (Phi) is 6.99. The van der Waals surface area contributed by atoms with Gasteiger partial charge in [0.25, 0.3) is 0 Å². The van der Waals surface area contributed by atoms with Crippen molar-refractivity contribution in [1.82, 2.24) is 19.9 Å². The maximum absolute atomic E-state index is 5.85. The molecule has 3 N–H and O–H groups in total. The van der Waals surface area contributed by atoms with E-state index in [0.29, 0.717) is 18.3 Å². The van der Waals surface area contributed by atoms with Gasteiger partial charge in [0, 0.05) is 31.0 Å². The maximum atomic E-state index is 5.85. The summed E-state index contributed by atoms with van der Waals surface area (Å²) in [5.74, 6) is 2.74. The fourth-order valence-electron chi connectivity index (χ4n) is 3.49. The van der Waals surface area contributed by atoms with Crippen LogP contribution in [0.2, 0.25) is 0 Å². The van der Waals surface area contributed by atoms with Gasteiger partial charge in [0.05, 0.1) is 0 Å². The van der Waals surface area contributed by atoms with E-state index in [1.165, 1.54) is 5.56 Å². The van der Waals surface area contributed by atoms with Crippen LogP contribution >= 0.6 is 0 Å². The van der Waals surface area contributed by atoms with E-state index in [0.717, 1.165) is 30.0 Å². The number of rotatable bonds is 9. The summed E-state index contributed by atoms with van der Waals surface area (Å²) in [4.78, 5) is 20.2. The number of nitrogens with zero attached hydrogens (tertiary/aromatic N) is 5. The molecule has 0 aliphatic carbocycles. The molecule has 0 bridgehead atoms. The average Bonchev–Trinajstić information content (AvgIpc) is 2.85. The Morgan fingerprint density at radius 1 is 0.844 bits per heavy atom. The summed E-state index contributed by atoms with van der Waals surface area (Å²) in [6.45, 7) is 0.591. The second kappa shape index (κ2) is 10.5. The predicted molar refractivity (Wildman–Crippen MR) is 129 cm³/mol. The van der Waals surface area contributed by atoms with Gasteiger partial charge < -0.3 is 16.0 Å². The smallest absolute Gasteiger partial charge is 0.224 e. The quantitative estimate of drug-likeness (QED) is 0.417. The van der Waals surface area contributed by atoms with Gasteiger partial charge in [-0.25, -0.2) is 15.0 Å². The molecule has 0 aliphatic rings. The Labute approximate surface area is 188 Å². The zero-order valence-corrected chi connectivity index (χ0v) is 18.1. The van der Waals surface area contributed by atoms with E-state index in [9.17, 15) is 0 Å². The summed E-state index contributed by atoms with van der Waals surface area (Å²) in [5.41, 5.74) is 8.07. The number of benzene rings is 2. The lowest BCUT2D eigenvalue weighted by molar-refractivity contribution is 0.651. The lowest BCUT2D eigenvalue weighted by Crippen LogP contribution is -2.27. The first-order chi connectivity index (χ1) is 15.7. The number of aromatic nitrogens is 4. The SMILES string of the molecule is CN(c1ccnc(NC(CCN)Cc2ccccc2)n1)c1ccnc(-c2ccccc2)n1. The first-order valence-electron chi connectivity index (χ1n) is 10.7. The third kappa shape index (κ3) is 5.44. The molecule has 0 spiro atoms. The number of anilines is 3. The first kappa shape index (κ1) is 21.4. The van der Waals surface area contributed by atoms with Crippen molar-refractivity contribution in [3.8, 4) is 11.4 Å². The minimum absolute atomic E-state index is 0.145. The maximum Gasteiger partial charge on any atom is 0.224 e. The molecule has 4 aromatic rings. The van der Waals surface area contributed by atoms with Gasteiger partial charge >= 0.3 is 0 Å². The van der Waals surface area contributed by atoms with E-state index in [4.69, 9.17) is 15.7 Å². The van der Waals surface area contributed by atoms with Crippen LogP contribution in [0.5, 0.6) is 0 Å². The van der Waals surface area contributed by atoms with E-state index in [-0.39, 0.29) is 6.04 Å². The lowest BCUT2D eigenvalue weighted by Gasteiger charge is -2.21. The number of hydrogen-bond acceptors (Lipinski definition) is 7. The topological polar surface area (TPSA) is 92.9 Å². The van der Waals surface area contributed by atoms with Crippen LogP contribution in [0.4, 0.5) is 17.6 Å². The van der Waals surface area contributed by atoms with Gasteiger partial charge in [-0.1, -0.05) is 60.7 Å². The highest BCUT2D eigenvalue weighted by Crippen LogP contribution is 2.23. The molecule has 2 aromatic carbocycles. The molecule has 0 aliphatic heterocycles. The van der Waals surface area contributed by atoms with Crippen molar-refractivity contribution in [2.24, 2.45) is 5.73 Å². The molecule has 0 saturated carbocycles. The van der Waals surface area contributed by atoms with Gasteiger partial charge in [-0.15, -0.1) is 0 Å². The Morgan fingerprint density at radius 3 is 2.22 bits per heavy atom. The molecule has 1 atom stereocenters. The third-order valence-electron chi connectivity index (χ3n) is 5.17. The monoisotopic (exact) mass is 425 g/mol. The summed E-state index contributed by atoms with van der Waals surface area (Å²) in [6, 6.07) is 24.2. The first-order valence-corrected chi connectivity index (χ1v) is 10.7. The van der Waals surface area contributed by atoms with Gasteiger partial charge in [0.1, 0.15) is 11.6 Å². The summed E-state index contributed by atoms with van der Waals surface area (Å²) < 4.78 is 0. The summed E-state index contributed by atoms with van der Waals surface area (Å²) in [7, 11) is 1.94. The van der Waals surface area contributed by atoms with E-state index in [2.05, 4.69) is 27.4 Å². The summed E-state index contributed by atoms with van der Waals surface area (Å²) >= 11 is 0. The van der Waals surface area contributed by atoms with Crippen LogP contribution in [0, 0.1) is 0 Å². The van der Waals surface area contributed by atoms with Gasteiger partial charge in [-0.05, 0) is 37.1 Å². The molecular weight excluding hydrogens is 398 g/mol. The average molecular weight is 426 g/mol. The highest BCUT2D eigenvalue weighted by atomic mass is 15.3. The predicted octanol–water partition coefficient (Wildman–Crippen LogP) is 4.07. The summed E-state index contributed by atoms with van der Waals surface area (Å²) in [5, 5.41) is 3.45. The van der Waals surface area contributed by atoms with E-state index < -0.39 is 0 Å². The van der Waals surface area contributed by atoms with Crippen LogP contribution < -0.4 is 16.0 Å². The van der Waals surface area contributed by atoms with Crippen molar-refractivity contribution in [2.75, 3.05) is 23.8 Å². The van der Waals surface area contributed by atoms with E-state index in [1.807, 2.05) is 72.6 Å². The normalized spacial score (nSPS) is 11.7. The lowest BCUT2D eigenvalue weighted by atomic mass is 10.0. The molecule has 7 nitrogen and oxygen atoms in total. The number of hydrogen-bond donors (Lipinski definition) is 2. The molecule has 32 heavy (non-hydrogen) atoms. The molecule has 0 fully saturated rings. The van der Waals surface area contributed by atoms with Crippen molar-refractivity contribution >= 4 is 17.6 Å². The minimum atomic E-state index is 0.145. The van der Waals surface area contributed by atoms with Gasteiger partial charge in [-0.3, -0.25) is 0 Å². The molecule has 4 rings (SSSR count). The fourth-order valence-corrected chi connectivity index (χ4v) is 3.49. The second-order valence-electron chi connectivity index (χ2n) is 7.51. The second-order valence-corrected chi connectivity index (χ2v) is 7.51. The molecule has 1 unspecified atom stereocenters. The van der Waals surface area contributed by atoms with Gasteiger partial charge in [0.15, 0.2) is 5.82 Å². The van der Waals surface area contributed by atoms with Crippen LogP contribution in [0.25, 0.3) is 11.4 Å². The molecule has 2 aromatic heterocycles. The van der Waals surface area contributed by atoms with Crippen LogP contribution in [-0.4, -0.2) is 39.6 Å². The van der Waals surface area contributed by atoms with Crippen molar-refractivity contribution in [3.63, 3.8) is 0 Å². The zero-order chi connectivity index (χ0) is 22.2. The number of nitrogens with two attached hydrogens (primary N) is 1. The molecule has 0 amide bonds. The molecule has 7 heteroatoms. The van der Waals surface area contributed by atoms with Crippen LogP contribution in [0.1, 0.15) is 12.0 Å². The van der Waals surface area contributed by atoms with Crippen LogP contribution in [0.15, 0.2) is 85.2 Å². The van der Waals surface area contributed by atoms with Gasteiger partial charge in [-0.2, -0.15) is 4.98 Å². The van der Waals surface area contributed by atoms with Crippen molar-refractivity contribution in [1.29, 1.82) is 0 Å². The fraction of sp³-hybridized carbons (Fsp3) is 0.200. The van der Waals surface area contributed by atoms with Crippen LogP contribution in [0.3, 0.4) is 0 Å². The molecule has 2 heterocycles. The van der Waals surface area contributed by atoms with Crippen molar-refractivity contribution in [3.05, 3.63) is 90.8 Å². The molecule has 0 radical (unpaired) electrons. The minimum Gasteiger partial charge on any atom is -0.351 e. The Morgan fingerprint density at radius 2 is 1.50 bits per heavy atom. The zero-order valence-electron chi connectivity index (χ0n) is 18.1. The number of nitrogens with one attached hydrogen (secondary N) is 1. The highest BCUT2D eigenvalue weighted by molar-refractivity contribution is 5.61. The summed E-state index contributed by atoms with van der Waals surface area (Å²) in [6.07, 6.45) is 5.19. The standard InChI is InChI=1S/C25H27N7/c1-32(22-13-16-27-24(30-22)20-10-6-3-7-11-20)23-14-17-28-25(31-23)29-21(12-15-26)18-19-8-4-2-5-9-19/h2-11,13-14,16-17,21H,12,15,18,26H2,1H3,(H,28,29,31). The third-order valence-corrected chi connectivity index (χ3v) is 5.17. The van der Waals surface area contributed by atoms with Gasteiger partial charge in [0.2, 0.25) is 5.95 Å². The highest BCUT2D eigenvalue weighted by Gasteiger charge is 2.14. The van der Waals surface area contributed by atoms with Crippen molar-refractivity contribution < 1.29 is 0 Å². The Balaban J connectivity index is 1.52.